The Morgan fingerprint density at radius 2 is 1.58 bits per heavy atom. The lowest BCUT2D eigenvalue weighted by Crippen LogP contribution is -2.35. The monoisotopic (exact) mass is 780 g/mol. The van der Waals surface area contributed by atoms with Gasteiger partial charge in [0.1, 0.15) is 17.3 Å². The Balaban J connectivity index is 0.914. The van der Waals surface area contributed by atoms with Crippen LogP contribution in [-0.2, 0) is 42.7 Å². The third-order valence-corrected chi connectivity index (χ3v) is 11.8. The molecule has 1 aromatic heterocycles. The molecule has 2 fully saturated rings. The topological polar surface area (TPSA) is 83.9 Å². The van der Waals surface area contributed by atoms with Gasteiger partial charge in [-0.25, -0.2) is 4.39 Å². The molecule has 0 radical (unpaired) electrons. The molecule has 1 saturated carbocycles. The highest BCUT2D eigenvalue weighted by molar-refractivity contribution is 6.05. The van der Waals surface area contributed by atoms with E-state index in [-0.39, 0.29) is 47.3 Å². The molecule has 57 heavy (non-hydrogen) atoms. The normalized spacial score (nSPS) is 18.5. The van der Waals surface area contributed by atoms with Crippen molar-refractivity contribution in [1.29, 1.82) is 0 Å². The highest BCUT2D eigenvalue weighted by atomic mass is 19.4. The Morgan fingerprint density at radius 3 is 2.33 bits per heavy atom. The number of halogens is 4. The molecule has 1 unspecified atom stereocenters. The number of carbonyl (C=O) groups is 2. The molecule has 8 rings (SSSR count). The SMILES string of the molecule is Cn1cc(-c2ccc(CN3CCc4c(CN5CCC(c6ccc(NC7CCC(=O)CC7=O)cc6)CC5)cccc4C3)c(OC(F)(F)F)c2)c2cc(F)ccc2c1=O. The van der Waals surface area contributed by atoms with Crippen LogP contribution in [0.25, 0.3) is 21.9 Å². The molecule has 4 aromatic carbocycles. The average molecular weight is 781 g/mol. The number of alkyl halides is 3. The van der Waals surface area contributed by atoms with Gasteiger partial charge < -0.3 is 14.6 Å². The maximum atomic E-state index is 14.3. The summed E-state index contributed by atoms with van der Waals surface area (Å²) in [5.74, 6) is -0.451. The van der Waals surface area contributed by atoms with Crippen molar-refractivity contribution in [2.75, 3.05) is 25.0 Å². The number of nitrogens with one attached hydrogen (secondary N) is 1. The van der Waals surface area contributed by atoms with Gasteiger partial charge in [-0.15, -0.1) is 13.2 Å². The molecule has 1 saturated heterocycles. The van der Waals surface area contributed by atoms with Gasteiger partial charge in [-0.05, 0) is 114 Å². The number of carbonyl (C=O) groups excluding carboxylic acids is 2. The number of Topliss-reactive ketones (excluding diaryl/α,β-unsaturated/α-hetero) is 2. The van der Waals surface area contributed by atoms with Crippen LogP contribution in [0.2, 0.25) is 0 Å². The van der Waals surface area contributed by atoms with E-state index in [4.69, 9.17) is 0 Å². The summed E-state index contributed by atoms with van der Waals surface area (Å²) in [6.45, 7) is 4.26. The summed E-state index contributed by atoms with van der Waals surface area (Å²) < 4.78 is 61.5. The summed E-state index contributed by atoms with van der Waals surface area (Å²) in [5, 5.41) is 3.88. The van der Waals surface area contributed by atoms with Gasteiger partial charge in [-0.2, -0.15) is 0 Å². The highest BCUT2D eigenvalue weighted by Gasteiger charge is 2.33. The van der Waals surface area contributed by atoms with Crippen LogP contribution in [0.4, 0.5) is 23.2 Å². The Bertz CT molecular complexity index is 2380. The van der Waals surface area contributed by atoms with Crippen molar-refractivity contribution in [3.8, 4) is 16.9 Å². The Morgan fingerprint density at radius 1 is 0.807 bits per heavy atom. The van der Waals surface area contributed by atoms with E-state index in [0.29, 0.717) is 53.9 Å². The summed E-state index contributed by atoms with van der Waals surface area (Å²) in [6.07, 6.45) is 0.431. The molecule has 0 spiro atoms. The molecule has 296 valence electrons. The van der Waals surface area contributed by atoms with Gasteiger partial charge in [-0.3, -0.25) is 24.2 Å². The lowest BCUT2D eigenvalue weighted by atomic mass is 9.88. The van der Waals surface area contributed by atoms with Gasteiger partial charge in [0.2, 0.25) is 0 Å². The molecule has 1 N–H and O–H groups in total. The smallest absolute Gasteiger partial charge is 0.405 e. The van der Waals surface area contributed by atoms with E-state index in [1.165, 1.54) is 51.7 Å². The molecular weight excluding hydrogens is 737 g/mol. The zero-order valence-electron chi connectivity index (χ0n) is 31.7. The second kappa shape index (κ2) is 15.9. The van der Waals surface area contributed by atoms with Crippen LogP contribution >= 0.6 is 0 Å². The summed E-state index contributed by atoms with van der Waals surface area (Å²) >= 11 is 0. The predicted molar refractivity (Wildman–Crippen MR) is 210 cm³/mol. The van der Waals surface area contributed by atoms with E-state index < -0.39 is 12.2 Å². The summed E-state index contributed by atoms with van der Waals surface area (Å²) in [6, 6.07) is 22.8. The number of benzene rings is 4. The number of fused-ring (bicyclic) bond motifs is 2. The molecule has 0 amide bonds. The second-order valence-electron chi connectivity index (χ2n) is 15.6. The van der Waals surface area contributed by atoms with Crippen molar-refractivity contribution in [3.63, 3.8) is 0 Å². The number of ketones is 2. The van der Waals surface area contributed by atoms with Crippen LogP contribution in [0.15, 0.2) is 89.9 Å². The standard InChI is InChI=1S/C45H44F4N4O4/c1-51-27-40(39-22-34(46)9-13-38(39)44(51)56)30-5-6-33(43(21-30)57-45(47,48)49)26-53-20-17-37-31(3-2-4-32(37)25-53)24-52-18-15-29(16-19-52)28-7-10-35(11-8-28)50-41-14-12-36(54)23-42(41)55/h2-11,13,21-22,27,29,41,50H,12,14-20,23-26H2,1H3. The number of aryl methyl sites for hydroxylation is 1. The molecule has 1 atom stereocenters. The predicted octanol–water partition coefficient (Wildman–Crippen LogP) is 8.28. The summed E-state index contributed by atoms with van der Waals surface area (Å²) in [7, 11) is 1.55. The van der Waals surface area contributed by atoms with Crippen molar-refractivity contribution >= 4 is 28.0 Å². The molecule has 0 bridgehead atoms. The highest BCUT2D eigenvalue weighted by Crippen LogP contribution is 2.36. The van der Waals surface area contributed by atoms with E-state index >= 15 is 0 Å². The molecule has 1 aliphatic carbocycles. The Kier molecular flexibility index (Phi) is 10.8. The summed E-state index contributed by atoms with van der Waals surface area (Å²) in [4.78, 5) is 41.2. The Hall–Kier alpha value is -5.33. The van der Waals surface area contributed by atoms with Gasteiger partial charge >= 0.3 is 6.36 Å². The van der Waals surface area contributed by atoms with Crippen molar-refractivity contribution in [1.82, 2.24) is 14.4 Å². The maximum absolute atomic E-state index is 14.3. The van der Waals surface area contributed by atoms with Crippen molar-refractivity contribution in [2.45, 2.75) is 76.5 Å². The zero-order valence-corrected chi connectivity index (χ0v) is 31.7. The van der Waals surface area contributed by atoms with Gasteiger partial charge in [-0.1, -0.05) is 42.5 Å². The number of hydrogen-bond acceptors (Lipinski definition) is 7. The third-order valence-electron chi connectivity index (χ3n) is 11.8. The zero-order chi connectivity index (χ0) is 39.8. The number of aromatic nitrogens is 1. The van der Waals surface area contributed by atoms with Gasteiger partial charge in [0.05, 0.1) is 12.5 Å². The first kappa shape index (κ1) is 38.5. The largest absolute Gasteiger partial charge is 0.573 e. The fourth-order valence-corrected chi connectivity index (χ4v) is 8.75. The third kappa shape index (κ3) is 8.67. The molecule has 2 aliphatic heterocycles. The number of anilines is 1. The van der Waals surface area contributed by atoms with Crippen LogP contribution in [0.3, 0.4) is 0 Å². The molecule has 8 nitrogen and oxygen atoms in total. The van der Waals surface area contributed by atoms with Crippen molar-refractivity contribution < 1.29 is 31.9 Å². The summed E-state index contributed by atoms with van der Waals surface area (Å²) in [5.41, 5.74) is 6.78. The van der Waals surface area contributed by atoms with Crippen LogP contribution in [0.5, 0.6) is 5.75 Å². The molecule has 3 heterocycles. The first-order valence-corrected chi connectivity index (χ1v) is 19.5. The molecule has 3 aliphatic rings. The number of likely N-dealkylation sites (tertiary alicyclic amines) is 1. The number of nitrogens with zero attached hydrogens (tertiary/aromatic N) is 3. The van der Waals surface area contributed by atoms with Crippen LogP contribution in [-0.4, -0.2) is 58.0 Å². The van der Waals surface area contributed by atoms with E-state index in [1.54, 1.807) is 19.2 Å². The van der Waals surface area contributed by atoms with Crippen molar-refractivity contribution in [3.05, 3.63) is 129 Å². The fraction of sp³-hybridized carbons (Fsp3) is 0.356. The average Bonchev–Trinajstić information content (AvgIpc) is 3.18. The van der Waals surface area contributed by atoms with Crippen molar-refractivity contribution in [2.24, 2.45) is 7.05 Å². The van der Waals surface area contributed by atoms with E-state index in [1.807, 2.05) is 12.1 Å². The van der Waals surface area contributed by atoms with Gasteiger partial charge in [0.25, 0.3) is 5.56 Å². The van der Waals surface area contributed by atoms with Crippen LogP contribution in [0, 0.1) is 5.82 Å². The number of ether oxygens (including phenoxy) is 1. The van der Waals surface area contributed by atoms with Crippen LogP contribution < -0.4 is 15.6 Å². The first-order valence-electron chi connectivity index (χ1n) is 19.5. The van der Waals surface area contributed by atoms with Gasteiger partial charge in [0, 0.05) is 68.0 Å². The minimum atomic E-state index is -4.92. The molecular formula is C45H44F4N4O4. The minimum absolute atomic E-state index is 0.0186. The number of pyridine rings is 1. The first-order chi connectivity index (χ1) is 27.4. The van der Waals surface area contributed by atoms with Gasteiger partial charge in [0.15, 0.2) is 5.78 Å². The number of rotatable bonds is 9. The van der Waals surface area contributed by atoms with E-state index in [9.17, 15) is 31.9 Å². The number of hydrogen-bond donors (Lipinski definition) is 1. The minimum Gasteiger partial charge on any atom is -0.405 e. The Labute approximate surface area is 328 Å². The lowest BCUT2D eigenvalue weighted by Gasteiger charge is -2.34. The maximum Gasteiger partial charge on any atom is 0.573 e. The fourth-order valence-electron chi connectivity index (χ4n) is 8.75. The van der Waals surface area contributed by atoms with E-state index in [0.717, 1.165) is 50.1 Å². The second-order valence-corrected chi connectivity index (χ2v) is 15.6. The molecule has 12 heteroatoms. The van der Waals surface area contributed by atoms with Crippen LogP contribution in [0.1, 0.15) is 65.8 Å². The number of piperidine rings is 1. The van der Waals surface area contributed by atoms with E-state index in [2.05, 4.69) is 50.2 Å². The molecule has 5 aromatic rings. The lowest BCUT2D eigenvalue weighted by molar-refractivity contribution is -0.275. The quantitative estimate of drug-likeness (QED) is 0.119.